The Balaban J connectivity index is 2.15. The van der Waals surface area contributed by atoms with Crippen LogP contribution in [0.3, 0.4) is 0 Å². The van der Waals surface area contributed by atoms with Gasteiger partial charge in [0, 0.05) is 38.0 Å². The van der Waals surface area contributed by atoms with Gasteiger partial charge in [-0.25, -0.2) is 0 Å². The highest BCUT2D eigenvalue weighted by Gasteiger charge is 2.25. The minimum Gasteiger partial charge on any atom is -0.392 e. The summed E-state index contributed by atoms with van der Waals surface area (Å²) < 4.78 is 0. The van der Waals surface area contributed by atoms with E-state index in [9.17, 15) is 15.2 Å². The molecule has 2 atom stereocenters. The molecule has 6 nitrogen and oxygen atoms in total. The van der Waals surface area contributed by atoms with Crippen LogP contribution in [-0.4, -0.2) is 41.2 Å². The van der Waals surface area contributed by atoms with Gasteiger partial charge in [0.15, 0.2) is 0 Å². The van der Waals surface area contributed by atoms with Crippen molar-refractivity contribution in [2.24, 2.45) is 5.92 Å². The van der Waals surface area contributed by atoms with Gasteiger partial charge in [-0.1, -0.05) is 6.92 Å². The number of hydrogen-bond donors (Lipinski definition) is 2. The van der Waals surface area contributed by atoms with Gasteiger partial charge in [0.1, 0.15) is 0 Å². The van der Waals surface area contributed by atoms with Crippen LogP contribution in [0.15, 0.2) is 18.2 Å². The van der Waals surface area contributed by atoms with Crippen LogP contribution in [0, 0.1) is 16.0 Å². The molecule has 1 fully saturated rings. The van der Waals surface area contributed by atoms with E-state index in [1.54, 1.807) is 19.2 Å². The van der Waals surface area contributed by atoms with Crippen LogP contribution in [0.5, 0.6) is 0 Å². The minimum absolute atomic E-state index is 0.102. The van der Waals surface area contributed by atoms with Gasteiger partial charge in [-0.2, -0.15) is 0 Å². The van der Waals surface area contributed by atoms with Crippen LogP contribution >= 0.6 is 0 Å². The Kier molecular flexibility index (Phi) is 4.57. The molecule has 1 heterocycles. The number of benzene rings is 1. The molecule has 0 spiro atoms. The SMILES string of the molecule is CNc1ccc([N+](=O)[O-])cc1CN1CCC(C)C(O)C1. The van der Waals surface area contributed by atoms with Crippen molar-refractivity contribution in [3.05, 3.63) is 33.9 Å². The first-order valence-electron chi connectivity index (χ1n) is 6.86. The van der Waals surface area contributed by atoms with E-state index in [-0.39, 0.29) is 16.7 Å². The average Bonchev–Trinajstić information content (AvgIpc) is 2.42. The normalized spacial score (nSPS) is 23.6. The van der Waals surface area contributed by atoms with Crippen molar-refractivity contribution in [3.63, 3.8) is 0 Å². The smallest absolute Gasteiger partial charge is 0.269 e. The van der Waals surface area contributed by atoms with E-state index in [0.29, 0.717) is 19.0 Å². The Morgan fingerprint density at radius 3 is 2.90 bits per heavy atom. The number of anilines is 1. The number of rotatable bonds is 4. The van der Waals surface area contributed by atoms with Crippen LogP contribution < -0.4 is 5.32 Å². The molecule has 0 aliphatic carbocycles. The number of piperidine rings is 1. The van der Waals surface area contributed by atoms with E-state index < -0.39 is 0 Å². The lowest BCUT2D eigenvalue weighted by molar-refractivity contribution is -0.384. The highest BCUT2D eigenvalue weighted by atomic mass is 16.6. The predicted octanol–water partition coefficient (Wildman–Crippen LogP) is 1.84. The lowest BCUT2D eigenvalue weighted by Gasteiger charge is -2.34. The number of non-ortho nitro benzene ring substituents is 1. The van der Waals surface area contributed by atoms with Crippen molar-refractivity contribution in [1.82, 2.24) is 4.90 Å². The average molecular weight is 279 g/mol. The Hall–Kier alpha value is -1.66. The van der Waals surface area contributed by atoms with Crippen LogP contribution in [-0.2, 0) is 6.54 Å². The molecule has 20 heavy (non-hydrogen) atoms. The summed E-state index contributed by atoms with van der Waals surface area (Å²) in [5.74, 6) is 0.320. The first-order chi connectivity index (χ1) is 9.51. The summed E-state index contributed by atoms with van der Waals surface area (Å²) in [5.41, 5.74) is 1.89. The van der Waals surface area contributed by atoms with Crippen molar-refractivity contribution in [3.8, 4) is 0 Å². The molecule has 110 valence electrons. The zero-order chi connectivity index (χ0) is 14.7. The number of nitrogens with zero attached hydrogens (tertiary/aromatic N) is 2. The fraction of sp³-hybridized carbons (Fsp3) is 0.571. The van der Waals surface area contributed by atoms with Gasteiger partial charge in [0.2, 0.25) is 0 Å². The summed E-state index contributed by atoms with van der Waals surface area (Å²) >= 11 is 0. The molecule has 6 heteroatoms. The topological polar surface area (TPSA) is 78.6 Å². The molecular formula is C14H21N3O3. The maximum Gasteiger partial charge on any atom is 0.269 e. The number of nitrogens with one attached hydrogen (secondary N) is 1. The summed E-state index contributed by atoms with van der Waals surface area (Å²) in [6, 6.07) is 4.84. The van der Waals surface area contributed by atoms with Crippen LogP contribution in [0.4, 0.5) is 11.4 Å². The van der Waals surface area contributed by atoms with Gasteiger partial charge in [0.05, 0.1) is 11.0 Å². The molecule has 0 amide bonds. The summed E-state index contributed by atoms with van der Waals surface area (Å²) in [7, 11) is 1.80. The lowest BCUT2D eigenvalue weighted by atomic mass is 9.95. The van der Waals surface area contributed by atoms with Gasteiger partial charge in [-0.3, -0.25) is 15.0 Å². The second kappa shape index (κ2) is 6.19. The van der Waals surface area contributed by atoms with E-state index >= 15 is 0 Å². The fourth-order valence-corrected chi connectivity index (χ4v) is 2.57. The number of nitro benzene ring substituents is 1. The summed E-state index contributed by atoms with van der Waals surface area (Å²) in [6.07, 6.45) is 0.630. The Bertz CT molecular complexity index is 493. The molecule has 1 aliphatic heterocycles. The molecule has 1 aromatic carbocycles. The number of likely N-dealkylation sites (tertiary alicyclic amines) is 1. The highest BCUT2D eigenvalue weighted by Crippen LogP contribution is 2.25. The van der Waals surface area contributed by atoms with Crippen LogP contribution in [0.2, 0.25) is 0 Å². The van der Waals surface area contributed by atoms with Gasteiger partial charge < -0.3 is 10.4 Å². The van der Waals surface area contributed by atoms with Gasteiger partial charge >= 0.3 is 0 Å². The number of aliphatic hydroxyl groups excluding tert-OH is 1. The lowest BCUT2D eigenvalue weighted by Crippen LogP contribution is -2.42. The zero-order valence-corrected chi connectivity index (χ0v) is 11.9. The summed E-state index contributed by atoms with van der Waals surface area (Å²) in [4.78, 5) is 12.6. The van der Waals surface area contributed by atoms with Crippen LogP contribution in [0.25, 0.3) is 0 Å². The summed E-state index contributed by atoms with van der Waals surface area (Å²) in [5, 5.41) is 23.9. The van der Waals surface area contributed by atoms with Crippen molar-refractivity contribution in [2.45, 2.75) is 26.0 Å². The molecule has 0 bridgehead atoms. The zero-order valence-electron chi connectivity index (χ0n) is 11.9. The Morgan fingerprint density at radius 1 is 1.55 bits per heavy atom. The number of aliphatic hydroxyl groups is 1. The minimum atomic E-state index is -0.379. The Labute approximate surface area is 118 Å². The largest absolute Gasteiger partial charge is 0.392 e. The van der Waals surface area contributed by atoms with Crippen molar-refractivity contribution < 1.29 is 10.0 Å². The van der Waals surface area contributed by atoms with Gasteiger partial charge in [-0.15, -0.1) is 0 Å². The van der Waals surface area contributed by atoms with Gasteiger partial charge in [-0.05, 0) is 30.5 Å². The fourth-order valence-electron chi connectivity index (χ4n) is 2.57. The highest BCUT2D eigenvalue weighted by molar-refractivity contribution is 5.55. The molecular weight excluding hydrogens is 258 g/mol. The molecule has 1 aliphatic rings. The molecule has 2 rings (SSSR count). The van der Waals surface area contributed by atoms with E-state index in [4.69, 9.17) is 0 Å². The van der Waals surface area contributed by atoms with Crippen molar-refractivity contribution >= 4 is 11.4 Å². The second-order valence-electron chi connectivity index (χ2n) is 5.42. The number of hydrogen-bond acceptors (Lipinski definition) is 5. The molecule has 2 unspecified atom stereocenters. The molecule has 0 radical (unpaired) electrons. The molecule has 1 saturated heterocycles. The van der Waals surface area contributed by atoms with E-state index in [2.05, 4.69) is 10.2 Å². The molecule has 2 N–H and O–H groups in total. The first kappa shape index (κ1) is 14.7. The van der Waals surface area contributed by atoms with E-state index in [1.807, 2.05) is 6.92 Å². The van der Waals surface area contributed by atoms with Gasteiger partial charge in [0.25, 0.3) is 5.69 Å². The van der Waals surface area contributed by atoms with Crippen LogP contribution in [0.1, 0.15) is 18.9 Å². The standard InChI is InChI=1S/C14H21N3O3/c1-10-5-6-16(9-14(10)18)8-11-7-12(17(19)20)3-4-13(11)15-2/h3-4,7,10,14-15,18H,5-6,8-9H2,1-2H3. The molecule has 1 aromatic rings. The van der Waals surface area contributed by atoms with Crippen molar-refractivity contribution in [2.75, 3.05) is 25.5 Å². The monoisotopic (exact) mass is 279 g/mol. The summed E-state index contributed by atoms with van der Waals surface area (Å²) in [6.45, 7) is 4.19. The number of β-amino-alcohol motifs (C(OH)–C–C–N with tert-alkyl or cyclic N) is 1. The maximum absolute atomic E-state index is 10.9. The van der Waals surface area contributed by atoms with Crippen molar-refractivity contribution in [1.29, 1.82) is 0 Å². The third kappa shape index (κ3) is 3.26. The predicted molar refractivity (Wildman–Crippen MR) is 77.7 cm³/mol. The number of nitro groups is 1. The third-order valence-electron chi connectivity index (χ3n) is 3.97. The van der Waals surface area contributed by atoms with E-state index in [0.717, 1.165) is 24.2 Å². The second-order valence-corrected chi connectivity index (χ2v) is 5.42. The van der Waals surface area contributed by atoms with E-state index in [1.165, 1.54) is 6.07 Å². The quantitative estimate of drug-likeness (QED) is 0.649. The third-order valence-corrected chi connectivity index (χ3v) is 3.97. The molecule has 0 aromatic heterocycles. The first-order valence-corrected chi connectivity index (χ1v) is 6.86. The Morgan fingerprint density at radius 2 is 2.30 bits per heavy atom. The maximum atomic E-state index is 10.9. The molecule has 0 saturated carbocycles.